The number of aliphatic hydroxyl groups excluding tert-OH is 1. The van der Waals surface area contributed by atoms with Gasteiger partial charge < -0.3 is 24.8 Å². The molecule has 3 aliphatic heterocycles. The number of nitrogens with zero attached hydrogens (tertiary/aromatic N) is 3. The SMILES string of the molecule is CCN(CC)C(=O)C1=C[N+]2=C3C(=NC=C(Cc4ccc(F)cc4)C3O1)C(O)=C(C(=O)NCCOC)C2=O. The van der Waals surface area contributed by atoms with Gasteiger partial charge in [0.05, 0.1) is 6.61 Å². The Morgan fingerprint density at radius 2 is 1.95 bits per heavy atom. The van der Waals surface area contributed by atoms with Crippen molar-refractivity contribution in [3.8, 4) is 0 Å². The number of nitrogens with one attached hydrogen (secondary N) is 1. The minimum absolute atomic E-state index is 0.00469. The minimum Gasteiger partial charge on any atom is -0.504 e. The van der Waals surface area contributed by atoms with Crippen molar-refractivity contribution in [2.45, 2.75) is 26.4 Å². The lowest BCUT2D eigenvalue weighted by atomic mass is 9.89. The van der Waals surface area contributed by atoms with Crippen LogP contribution in [-0.2, 0) is 30.3 Å². The fraction of sp³-hybridized carbons (Fsp3) is 0.346. The molecule has 1 aromatic rings. The van der Waals surface area contributed by atoms with Gasteiger partial charge in [-0.05, 0) is 38.0 Å². The largest absolute Gasteiger partial charge is 0.504 e. The molecule has 11 heteroatoms. The predicted octanol–water partition coefficient (Wildman–Crippen LogP) is 1.38. The Bertz CT molecular complexity index is 1290. The van der Waals surface area contributed by atoms with E-state index >= 15 is 0 Å². The van der Waals surface area contributed by atoms with E-state index in [1.807, 2.05) is 13.8 Å². The van der Waals surface area contributed by atoms with E-state index in [2.05, 4.69) is 10.3 Å². The molecule has 0 aromatic heterocycles. The average molecular weight is 512 g/mol. The molecule has 194 valence electrons. The molecule has 4 rings (SSSR count). The Labute approximate surface area is 213 Å². The second-order valence-electron chi connectivity index (χ2n) is 8.49. The Morgan fingerprint density at radius 3 is 2.59 bits per heavy atom. The van der Waals surface area contributed by atoms with E-state index in [1.165, 1.54) is 36.5 Å². The molecule has 1 unspecified atom stereocenters. The van der Waals surface area contributed by atoms with E-state index in [0.717, 1.165) is 10.1 Å². The highest BCUT2D eigenvalue weighted by molar-refractivity contribution is 6.52. The van der Waals surface area contributed by atoms with E-state index in [9.17, 15) is 23.9 Å². The molecule has 3 heterocycles. The quantitative estimate of drug-likeness (QED) is 0.294. The number of carbonyl (C=O) groups excluding carboxylic acids is 3. The molecule has 2 N–H and O–H groups in total. The van der Waals surface area contributed by atoms with Gasteiger partial charge in [-0.15, -0.1) is 4.58 Å². The molecule has 0 spiro atoms. The van der Waals surface area contributed by atoms with Crippen LogP contribution in [0.4, 0.5) is 4.39 Å². The van der Waals surface area contributed by atoms with Crippen LogP contribution in [0.3, 0.4) is 0 Å². The van der Waals surface area contributed by atoms with Crippen LogP contribution in [0.25, 0.3) is 0 Å². The number of halogens is 1. The van der Waals surface area contributed by atoms with Gasteiger partial charge in [-0.25, -0.2) is 14.2 Å². The first-order valence-electron chi connectivity index (χ1n) is 11.9. The van der Waals surface area contributed by atoms with Crippen LogP contribution in [0.2, 0.25) is 0 Å². The number of allylic oxidation sites excluding steroid dienone is 1. The molecular weight excluding hydrogens is 483 g/mol. The zero-order valence-corrected chi connectivity index (χ0v) is 20.8. The standard InChI is InChI=1S/C26H27FN4O6/c1-4-30(5-2)25(34)18-14-31-21-20(22(32)19(26(31)35)24(33)28-10-11-36-3)29-13-16(23(21)37-18)12-15-6-8-17(27)9-7-15/h6-9,13-14,23H,4-5,10-12H2,1-3H3,(H-,28,32,33,35)/p+1. The average Bonchev–Trinajstić information content (AvgIpc) is 2.89. The molecule has 0 saturated carbocycles. The maximum absolute atomic E-state index is 13.5. The third-order valence-electron chi connectivity index (χ3n) is 6.23. The molecule has 10 nitrogen and oxygen atoms in total. The van der Waals surface area contributed by atoms with Crippen molar-refractivity contribution >= 4 is 29.1 Å². The number of benzene rings is 1. The number of amides is 3. The van der Waals surface area contributed by atoms with Crippen molar-refractivity contribution in [1.29, 1.82) is 0 Å². The first kappa shape index (κ1) is 26.0. The predicted molar refractivity (Wildman–Crippen MR) is 131 cm³/mol. The molecule has 0 bridgehead atoms. The maximum atomic E-state index is 13.5. The van der Waals surface area contributed by atoms with Gasteiger partial charge >= 0.3 is 5.91 Å². The van der Waals surface area contributed by atoms with Crippen LogP contribution in [0.15, 0.2) is 64.3 Å². The van der Waals surface area contributed by atoms with Gasteiger partial charge in [0.15, 0.2) is 17.0 Å². The maximum Gasteiger partial charge on any atom is 0.434 e. The number of hydrogen-bond donors (Lipinski definition) is 2. The second kappa shape index (κ2) is 10.9. The molecule has 0 aliphatic carbocycles. The molecule has 0 fully saturated rings. The number of carbonyl (C=O) groups is 3. The highest BCUT2D eigenvalue weighted by Crippen LogP contribution is 2.31. The smallest absolute Gasteiger partial charge is 0.434 e. The van der Waals surface area contributed by atoms with E-state index in [-0.39, 0.29) is 42.6 Å². The van der Waals surface area contributed by atoms with Crippen LogP contribution in [-0.4, -0.2) is 83.2 Å². The van der Waals surface area contributed by atoms with Crippen molar-refractivity contribution in [2.75, 3.05) is 33.4 Å². The van der Waals surface area contributed by atoms with Gasteiger partial charge in [0.25, 0.3) is 23.3 Å². The molecule has 1 atom stereocenters. The fourth-order valence-electron chi connectivity index (χ4n) is 4.30. The molecule has 3 aliphatic rings. The van der Waals surface area contributed by atoms with Gasteiger partial charge in [-0.2, -0.15) is 0 Å². The van der Waals surface area contributed by atoms with Gasteiger partial charge in [-0.3, -0.25) is 9.59 Å². The van der Waals surface area contributed by atoms with Crippen LogP contribution in [0.5, 0.6) is 0 Å². The number of methoxy groups -OCH3 is 1. The highest BCUT2D eigenvalue weighted by Gasteiger charge is 2.52. The zero-order chi connectivity index (χ0) is 26.7. The summed E-state index contributed by atoms with van der Waals surface area (Å²) in [6.45, 7) is 4.82. The van der Waals surface area contributed by atoms with Gasteiger partial charge in [0.2, 0.25) is 12.3 Å². The van der Waals surface area contributed by atoms with E-state index < -0.39 is 35.2 Å². The Kier molecular flexibility index (Phi) is 7.63. The van der Waals surface area contributed by atoms with Crippen LogP contribution in [0, 0.1) is 5.82 Å². The topological polar surface area (TPSA) is 121 Å². The van der Waals surface area contributed by atoms with Crippen molar-refractivity contribution < 1.29 is 37.9 Å². The third kappa shape index (κ3) is 4.94. The first-order chi connectivity index (χ1) is 17.8. The number of likely N-dealkylation sites (N-methyl/N-ethyl adjacent to an activating group) is 1. The molecule has 0 radical (unpaired) electrons. The summed E-state index contributed by atoms with van der Waals surface area (Å²) in [5.74, 6) is -3.08. The van der Waals surface area contributed by atoms with Gasteiger partial charge in [0.1, 0.15) is 5.82 Å². The van der Waals surface area contributed by atoms with Crippen molar-refractivity contribution in [2.24, 2.45) is 4.99 Å². The summed E-state index contributed by atoms with van der Waals surface area (Å²) in [6, 6.07) is 5.89. The Balaban J connectivity index is 1.80. The van der Waals surface area contributed by atoms with Crippen molar-refractivity contribution in [3.63, 3.8) is 0 Å². The highest BCUT2D eigenvalue weighted by atomic mass is 19.1. The summed E-state index contributed by atoms with van der Waals surface area (Å²) in [5, 5.41) is 13.5. The number of aliphatic hydroxyl groups is 1. The van der Waals surface area contributed by atoms with Crippen molar-refractivity contribution in [3.05, 3.63) is 70.7 Å². The molecule has 3 amide bonds. The lowest BCUT2D eigenvalue weighted by Crippen LogP contribution is -2.52. The van der Waals surface area contributed by atoms with Gasteiger partial charge in [0, 0.05) is 38.5 Å². The molecule has 0 saturated heterocycles. The van der Waals surface area contributed by atoms with Crippen LogP contribution in [0.1, 0.15) is 19.4 Å². The lowest BCUT2D eigenvalue weighted by Gasteiger charge is -2.31. The summed E-state index contributed by atoms with van der Waals surface area (Å²) in [6.07, 6.45) is 2.05. The van der Waals surface area contributed by atoms with E-state index in [4.69, 9.17) is 9.47 Å². The summed E-state index contributed by atoms with van der Waals surface area (Å²) < 4.78 is 25.6. The Hall–Kier alpha value is -4.12. The van der Waals surface area contributed by atoms with Gasteiger partial charge in [-0.1, -0.05) is 12.1 Å². The monoisotopic (exact) mass is 511 g/mol. The lowest BCUT2D eigenvalue weighted by molar-refractivity contribution is -0.385. The number of ether oxygens (including phenoxy) is 2. The fourth-order valence-corrected chi connectivity index (χ4v) is 4.30. The third-order valence-corrected chi connectivity index (χ3v) is 6.23. The summed E-state index contributed by atoms with van der Waals surface area (Å²) in [7, 11) is 1.47. The van der Waals surface area contributed by atoms with E-state index in [0.29, 0.717) is 18.7 Å². The van der Waals surface area contributed by atoms with Crippen molar-refractivity contribution in [1.82, 2.24) is 10.2 Å². The number of hydrogen-bond acceptors (Lipinski definition) is 7. The molecule has 1 aromatic carbocycles. The summed E-state index contributed by atoms with van der Waals surface area (Å²) >= 11 is 0. The summed E-state index contributed by atoms with van der Waals surface area (Å²) in [5.41, 5.74) is 1.04. The first-order valence-corrected chi connectivity index (χ1v) is 11.9. The second-order valence-corrected chi connectivity index (χ2v) is 8.49. The van der Waals surface area contributed by atoms with E-state index in [1.54, 1.807) is 12.1 Å². The minimum atomic E-state index is -0.943. The molecular formula is C26H28FN4O6+. The Morgan fingerprint density at radius 1 is 1.24 bits per heavy atom. The normalized spacial score (nSPS) is 18.4. The van der Waals surface area contributed by atoms with Crippen LogP contribution >= 0.6 is 0 Å². The number of rotatable bonds is 9. The molecule has 37 heavy (non-hydrogen) atoms. The zero-order valence-electron chi connectivity index (χ0n) is 20.8. The van der Waals surface area contributed by atoms with Crippen LogP contribution < -0.4 is 5.32 Å². The number of aliphatic imine (C=N–C) groups is 1. The summed E-state index contributed by atoms with van der Waals surface area (Å²) in [4.78, 5) is 45.4.